The van der Waals surface area contributed by atoms with Gasteiger partial charge >= 0.3 is 18.0 Å². The second-order valence-corrected chi connectivity index (χ2v) is 8.11. The van der Waals surface area contributed by atoms with Crippen LogP contribution in [0.1, 0.15) is 24.0 Å². The van der Waals surface area contributed by atoms with Gasteiger partial charge in [0.25, 0.3) is 0 Å². The fourth-order valence-electron chi connectivity index (χ4n) is 3.20. The van der Waals surface area contributed by atoms with E-state index in [1.807, 2.05) is 31.2 Å². The van der Waals surface area contributed by atoms with Gasteiger partial charge in [0.2, 0.25) is 5.91 Å². The molecular weight excluding hydrogens is 466 g/mol. The van der Waals surface area contributed by atoms with Gasteiger partial charge in [-0.2, -0.15) is 0 Å². The predicted molar refractivity (Wildman–Crippen MR) is 136 cm³/mol. The summed E-state index contributed by atoms with van der Waals surface area (Å²) in [5.74, 6) is -0.737. The quantitative estimate of drug-likeness (QED) is 0.284. The summed E-state index contributed by atoms with van der Waals surface area (Å²) in [6, 6.07) is 11.8. The number of anilines is 2. The lowest BCUT2D eigenvalue weighted by atomic mass is 10.1. The Morgan fingerprint density at radius 3 is 2.36 bits per heavy atom. The molecule has 11 heteroatoms. The number of carboxylic acid groups (broad SMARTS) is 1. The van der Waals surface area contributed by atoms with E-state index in [-0.39, 0.29) is 31.3 Å². The minimum Gasteiger partial charge on any atom is -0.495 e. The number of nitrogens with one attached hydrogen (secondary N) is 4. The Labute approximate surface area is 210 Å². The van der Waals surface area contributed by atoms with Crippen LogP contribution in [0.2, 0.25) is 0 Å². The number of aliphatic carboxylic acids is 1. The lowest BCUT2D eigenvalue weighted by molar-refractivity contribution is -0.137. The third-order valence-electron chi connectivity index (χ3n) is 5.23. The van der Waals surface area contributed by atoms with Gasteiger partial charge in [-0.25, -0.2) is 9.59 Å². The molecule has 0 fully saturated rings. The van der Waals surface area contributed by atoms with Crippen LogP contribution >= 0.6 is 0 Å². The van der Waals surface area contributed by atoms with Gasteiger partial charge in [-0.05, 0) is 42.7 Å². The number of aryl methyl sites for hydroxylation is 1. The minimum atomic E-state index is -0.968. The Hall–Kier alpha value is -4.28. The molecule has 0 atom stereocenters. The number of hydrogen-bond acceptors (Lipinski definition) is 5. The van der Waals surface area contributed by atoms with Crippen LogP contribution < -0.4 is 26.0 Å². The number of ether oxygens (including phenoxy) is 1. The van der Waals surface area contributed by atoms with Crippen molar-refractivity contribution in [3.8, 4) is 5.75 Å². The monoisotopic (exact) mass is 499 g/mol. The Morgan fingerprint density at radius 1 is 0.972 bits per heavy atom. The van der Waals surface area contributed by atoms with Crippen LogP contribution in [0.25, 0.3) is 0 Å². The first-order valence-electron chi connectivity index (χ1n) is 11.5. The van der Waals surface area contributed by atoms with Crippen LogP contribution in [0.4, 0.5) is 21.0 Å². The smallest absolute Gasteiger partial charge is 0.323 e. The van der Waals surface area contributed by atoms with Crippen LogP contribution in [-0.4, -0.2) is 67.7 Å². The summed E-state index contributed by atoms with van der Waals surface area (Å²) < 4.78 is 5.38. The van der Waals surface area contributed by atoms with Crippen molar-refractivity contribution >= 4 is 35.3 Å². The van der Waals surface area contributed by atoms with E-state index in [0.717, 1.165) is 5.56 Å². The zero-order chi connectivity index (χ0) is 26.5. The molecule has 5 N–H and O–H groups in total. The molecule has 0 aliphatic carbocycles. The summed E-state index contributed by atoms with van der Waals surface area (Å²) in [6.07, 6.45) is 0.519. The second-order valence-electron chi connectivity index (χ2n) is 8.11. The normalized spacial score (nSPS) is 10.2. The molecule has 0 aliphatic heterocycles. The van der Waals surface area contributed by atoms with Crippen molar-refractivity contribution in [1.29, 1.82) is 0 Å². The van der Waals surface area contributed by atoms with Crippen LogP contribution in [0, 0.1) is 6.92 Å². The number of nitrogens with zero attached hydrogens (tertiary/aromatic N) is 1. The van der Waals surface area contributed by atoms with Gasteiger partial charge in [0.1, 0.15) is 5.75 Å². The summed E-state index contributed by atoms with van der Waals surface area (Å²) in [6.45, 7) is 2.73. The van der Waals surface area contributed by atoms with Crippen molar-refractivity contribution in [3.63, 3.8) is 0 Å². The highest BCUT2D eigenvalue weighted by atomic mass is 16.5. The summed E-state index contributed by atoms with van der Waals surface area (Å²) in [5, 5.41) is 19.7. The summed E-state index contributed by atoms with van der Waals surface area (Å²) >= 11 is 0. The van der Waals surface area contributed by atoms with Gasteiger partial charge in [0.15, 0.2) is 0 Å². The molecule has 0 heterocycles. The molecule has 2 aromatic carbocycles. The van der Waals surface area contributed by atoms with Crippen molar-refractivity contribution in [2.45, 2.75) is 26.2 Å². The molecule has 0 radical (unpaired) electrons. The molecule has 2 aromatic rings. The number of carbonyl (C=O) groups excluding carboxylic acids is 3. The molecule has 5 amide bonds. The zero-order valence-electron chi connectivity index (χ0n) is 20.7. The maximum atomic E-state index is 12.4. The molecule has 11 nitrogen and oxygen atoms in total. The first-order valence-corrected chi connectivity index (χ1v) is 11.5. The van der Waals surface area contributed by atoms with E-state index in [0.29, 0.717) is 42.2 Å². The number of benzene rings is 2. The number of para-hydroxylation sites is 1. The Morgan fingerprint density at radius 2 is 1.67 bits per heavy atom. The van der Waals surface area contributed by atoms with Gasteiger partial charge in [0, 0.05) is 32.4 Å². The van der Waals surface area contributed by atoms with Gasteiger partial charge in [-0.1, -0.05) is 24.3 Å². The second kappa shape index (κ2) is 14.2. The number of urea groups is 2. The Kier molecular flexibility index (Phi) is 11.0. The number of carboxylic acids is 1. The average Bonchev–Trinajstić information content (AvgIpc) is 2.84. The third-order valence-corrected chi connectivity index (χ3v) is 5.23. The molecule has 0 bridgehead atoms. The van der Waals surface area contributed by atoms with E-state index in [4.69, 9.17) is 9.84 Å². The molecule has 0 spiro atoms. The van der Waals surface area contributed by atoms with Crippen LogP contribution in [0.3, 0.4) is 0 Å². The number of carbonyl (C=O) groups is 4. The maximum Gasteiger partial charge on any atom is 0.323 e. The van der Waals surface area contributed by atoms with Gasteiger partial charge in [0.05, 0.1) is 25.6 Å². The fraction of sp³-hybridized carbons (Fsp3) is 0.360. The molecule has 0 aliphatic rings. The molecule has 0 saturated heterocycles. The van der Waals surface area contributed by atoms with E-state index >= 15 is 0 Å². The first kappa shape index (κ1) is 28.0. The maximum absolute atomic E-state index is 12.4. The fourth-order valence-corrected chi connectivity index (χ4v) is 3.20. The van der Waals surface area contributed by atoms with Crippen molar-refractivity contribution in [3.05, 3.63) is 53.6 Å². The van der Waals surface area contributed by atoms with E-state index in [1.54, 1.807) is 18.2 Å². The summed E-state index contributed by atoms with van der Waals surface area (Å²) in [7, 11) is 3.00. The SMILES string of the molecule is COc1cc(CC(=O)NCCCNC(=O)N(C)CCC(=O)O)ccc1NC(=O)Nc1ccccc1C. The third kappa shape index (κ3) is 9.53. The van der Waals surface area contributed by atoms with Gasteiger partial charge < -0.3 is 36.0 Å². The first-order chi connectivity index (χ1) is 17.2. The molecular formula is C25H33N5O6. The molecule has 2 rings (SSSR count). The average molecular weight is 500 g/mol. The minimum absolute atomic E-state index is 0.118. The topological polar surface area (TPSA) is 149 Å². The van der Waals surface area contributed by atoms with Gasteiger partial charge in [-0.15, -0.1) is 0 Å². The summed E-state index contributed by atoms with van der Waals surface area (Å²) in [4.78, 5) is 48.4. The highest BCUT2D eigenvalue weighted by Crippen LogP contribution is 2.26. The van der Waals surface area contributed by atoms with Crippen LogP contribution in [-0.2, 0) is 16.0 Å². The highest BCUT2D eigenvalue weighted by molar-refractivity contribution is 6.01. The molecule has 0 unspecified atom stereocenters. The Bertz CT molecular complexity index is 1070. The molecule has 194 valence electrons. The van der Waals surface area contributed by atoms with E-state index in [1.165, 1.54) is 19.1 Å². The standard InChI is InChI=1S/C25H33N5O6/c1-17-7-4-5-8-19(17)28-24(34)29-20-10-9-18(15-21(20)36-3)16-22(31)26-12-6-13-27-25(35)30(2)14-11-23(32)33/h4-5,7-10,15H,6,11-14,16H2,1-3H3,(H,26,31)(H,27,35)(H,32,33)(H2,28,29,34). The van der Waals surface area contributed by atoms with Crippen LogP contribution in [0.5, 0.6) is 5.75 Å². The zero-order valence-corrected chi connectivity index (χ0v) is 20.7. The molecule has 36 heavy (non-hydrogen) atoms. The predicted octanol–water partition coefficient (Wildman–Crippen LogP) is 2.81. The number of rotatable bonds is 12. The van der Waals surface area contributed by atoms with Crippen molar-refractivity contribution < 1.29 is 29.0 Å². The molecule has 0 saturated carbocycles. The lowest BCUT2D eigenvalue weighted by Crippen LogP contribution is -2.39. The van der Waals surface area contributed by atoms with E-state index in [2.05, 4.69) is 21.3 Å². The van der Waals surface area contributed by atoms with E-state index < -0.39 is 12.0 Å². The van der Waals surface area contributed by atoms with Gasteiger partial charge in [-0.3, -0.25) is 9.59 Å². The molecule has 0 aromatic heterocycles. The number of methoxy groups -OCH3 is 1. The van der Waals surface area contributed by atoms with Crippen molar-refractivity contribution in [2.24, 2.45) is 0 Å². The van der Waals surface area contributed by atoms with Crippen molar-refractivity contribution in [1.82, 2.24) is 15.5 Å². The number of amides is 5. The number of hydrogen-bond donors (Lipinski definition) is 5. The lowest BCUT2D eigenvalue weighted by Gasteiger charge is -2.16. The largest absolute Gasteiger partial charge is 0.495 e. The Balaban J connectivity index is 1.76. The summed E-state index contributed by atoms with van der Waals surface area (Å²) in [5.41, 5.74) is 2.82. The van der Waals surface area contributed by atoms with Crippen LogP contribution in [0.15, 0.2) is 42.5 Å². The van der Waals surface area contributed by atoms with E-state index in [9.17, 15) is 19.2 Å². The van der Waals surface area contributed by atoms with Crippen molar-refractivity contribution in [2.75, 3.05) is 44.4 Å². The highest BCUT2D eigenvalue weighted by Gasteiger charge is 2.12.